The minimum atomic E-state index is -0.713. The Morgan fingerprint density at radius 1 is 0.976 bits per heavy atom. The Labute approximate surface area is 270 Å². The highest BCUT2D eigenvalue weighted by Gasteiger charge is 2.54. The predicted octanol–water partition coefficient (Wildman–Crippen LogP) is 6.17. The third-order valence-electron chi connectivity index (χ3n) is 6.86. The van der Waals surface area contributed by atoms with E-state index in [0.29, 0.717) is 16.8 Å². The summed E-state index contributed by atoms with van der Waals surface area (Å²) in [7, 11) is 1.59. The van der Waals surface area contributed by atoms with Crippen LogP contribution in [0.2, 0.25) is 0 Å². The van der Waals surface area contributed by atoms with Gasteiger partial charge in [-0.2, -0.15) is 0 Å². The van der Waals surface area contributed by atoms with Crippen LogP contribution in [0.15, 0.2) is 88.3 Å². The fraction of sp³-hybridized carbons (Fsp3) is 0.258. The molecule has 0 radical (unpaired) electrons. The molecule has 0 aromatic heterocycles. The van der Waals surface area contributed by atoms with Crippen molar-refractivity contribution in [3.8, 4) is 5.75 Å². The van der Waals surface area contributed by atoms with Crippen molar-refractivity contribution in [2.45, 2.75) is 40.0 Å². The number of halogens is 2. The number of alkyl halides is 2. The van der Waals surface area contributed by atoms with Gasteiger partial charge in [-0.15, -0.1) is 11.8 Å². The van der Waals surface area contributed by atoms with Crippen LogP contribution >= 0.6 is 55.4 Å². The van der Waals surface area contributed by atoms with E-state index in [0.717, 1.165) is 37.4 Å². The molecule has 1 N–H and O–H groups in total. The molecule has 2 aliphatic heterocycles. The predicted molar refractivity (Wildman–Crippen MR) is 173 cm³/mol. The molecule has 1 saturated heterocycles. The summed E-state index contributed by atoms with van der Waals surface area (Å²) < 4.78 is 10.9. The Balaban J connectivity index is 1.34. The number of carbonyl (C=O) groups is 3. The lowest BCUT2D eigenvalue weighted by Crippen LogP contribution is -2.70. The monoisotopic (exact) mass is 730 g/mol. The molecule has 5 rings (SSSR count). The van der Waals surface area contributed by atoms with E-state index in [2.05, 4.69) is 37.2 Å². The van der Waals surface area contributed by atoms with Gasteiger partial charge in [0.25, 0.3) is 5.91 Å². The number of hydrogen-bond donors (Lipinski definition) is 1. The topological polar surface area (TPSA) is 84.9 Å². The lowest BCUT2D eigenvalue weighted by Gasteiger charge is -2.49. The molecule has 0 saturated carbocycles. The highest BCUT2D eigenvalue weighted by atomic mass is 79.9. The Bertz CT molecular complexity index is 1500. The van der Waals surface area contributed by atoms with Gasteiger partial charge >= 0.3 is 5.97 Å². The van der Waals surface area contributed by atoms with Crippen LogP contribution in [-0.4, -0.2) is 47.0 Å². The summed E-state index contributed by atoms with van der Waals surface area (Å²) in [5.74, 6) is 0.0835. The van der Waals surface area contributed by atoms with Gasteiger partial charge in [0.1, 0.15) is 29.5 Å². The molecule has 0 spiro atoms. The van der Waals surface area contributed by atoms with E-state index in [9.17, 15) is 14.4 Å². The van der Waals surface area contributed by atoms with Crippen LogP contribution in [-0.2, 0) is 42.8 Å². The van der Waals surface area contributed by atoms with E-state index in [4.69, 9.17) is 9.47 Å². The molecule has 7 nitrogen and oxygen atoms in total. The Kier molecular flexibility index (Phi) is 10.4. The van der Waals surface area contributed by atoms with E-state index in [1.807, 2.05) is 60.7 Å². The lowest BCUT2D eigenvalue weighted by atomic mass is 10.0. The number of hydrogen-bond acceptors (Lipinski definition) is 7. The fourth-order valence-corrected chi connectivity index (χ4v) is 8.24. The molecule has 2 heterocycles. The Hall–Kier alpha value is -2.73. The summed E-state index contributed by atoms with van der Waals surface area (Å²) in [6, 6.07) is 22.2. The van der Waals surface area contributed by atoms with Gasteiger partial charge in [-0.25, -0.2) is 4.79 Å². The molecule has 218 valence electrons. The smallest absolute Gasteiger partial charge is 0.356 e. The van der Waals surface area contributed by atoms with Gasteiger partial charge in [-0.05, 0) is 40.5 Å². The van der Waals surface area contributed by atoms with E-state index in [1.54, 1.807) is 19.2 Å². The molecular weight excluding hydrogens is 704 g/mol. The van der Waals surface area contributed by atoms with Gasteiger partial charge < -0.3 is 14.8 Å². The van der Waals surface area contributed by atoms with Crippen LogP contribution in [0, 0.1) is 0 Å². The summed E-state index contributed by atoms with van der Waals surface area (Å²) in [5.41, 5.74) is 4.10. The highest BCUT2D eigenvalue weighted by molar-refractivity contribution is 9.08. The molecule has 2 amide bonds. The molecule has 2 aliphatic rings. The molecule has 11 heteroatoms. The number of ether oxygens (including phenoxy) is 2. The molecule has 3 aromatic rings. The van der Waals surface area contributed by atoms with Crippen molar-refractivity contribution in [1.29, 1.82) is 0 Å². The van der Waals surface area contributed by atoms with Crippen LogP contribution < -0.4 is 10.1 Å². The first kappa shape index (κ1) is 30.7. The van der Waals surface area contributed by atoms with Crippen molar-refractivity contribution in [2.75, 3.05) is 12.9 Å². The number of rotatable bonds is 11. The standard InChI is InChI=1S/C31H28Br2N2O5S2/c1-39-23-12-10-21(11-13-23)17-40-31(38)28-25(42-24-5-3-2-4-22(24)16-33)18-41-30-27(29(37)35(28)30)34-26(36)14-19-6-8-20(15-32)9-7-19/h2-13,27,30H,14-18H2,1H3,(H,34,36)/t27-,30+/m1/s1. The maximum atomic E-state index is 13.6. The number of benzene rings is 3. The number of fused-ring (bicyclic) bond motifs is 1. The zero-order chi connectivity index (χ0) is 29.6. The van der Waals surface area contributed by atoms with Crippen LogP contribution in [0.5, 0.6) is 5.75 Å². The molecule has 0 unspecified atom stereocenters. The van der Waals surface area contributed by atoms with Crippen LogP contribution in [0.1, 0.15) is 22.3 Å². The number of nitrogens with one attached hydrogen (secondary N) is 1. The number of carbonyl (C=O) groups excluding carboxylic acids is 3. The molecular formula is C31H28Br2N2O5S2. The quantitative estimate of drug-likeness (QED) is 0.143. The summed E-state index contributed by atoms with van der Waals surface area (Å²) in [6.07, 6.45) is 0.167. The van der Waals surface area contributed by atoms with Crippen LogP contribution in [0.3, 0.4) is 0 Å². The SMILES string of the molecule is COc1ccc(COC(=O)C2=C(Sc3ccccc3CBr)CS[C@H]3[C@H](NC(=O)Cc4ccc(CBr)cc4)C(=O)N23)cc1. The van der Waals surface area contributed by atoms with Crippen molar-refractivity contribution >= 4 is 73.2 Å². The molecule has 2 atom stereocenters. The molecule has 0 bridgehead atoms. The minimum Gasteiger partial charge on any atom is -0.497 e. The fourth-order valence-electron chi connectivity index (χ4n) is 4.60. The van der Waals surface area contributed by atoms with Gasteiger partial charge in [0.2, 0.25) is 5.91 Å². The normalized spacial score (nSPS) is 17.8. The summed E-state index contributed by atoms with van der Waals surface area (Å²) in [5, 5.41) is 3.90. The number of β-lactam (4-membered cyclic amide) rings is 1. The van der Waals surface area contributed by atoms with Crippen molar-refractivity contribution in [2.24, 2.45) is 0 Å². The number of esters is 1. The second-order valence-electron chi connectivity index (χ2n) is 9.62. The number of methoxy groups -OCH3 is 1. The molecule has 1 fully saturated rings. The summed E-state index contributed by atoms with van der Waals surface area (Å²) >= 11 is 9.96. The largest absolute Gasteiger partial charge is 0.497 e. The first-order chi connectivity index (χ1) is 20.4. The molecule has 3 aromatic carbocycles. The second kappa shape index (κ2) is 14.2. The number of nitrogens with zero attached hydrogens (tertiary/aromatic N) is 1. The summed E-state index contributed by atoms with van der Waals surface area (Å²) in [4.78, 5) is 43.1. The maximum absolute atomic E-state index is 13.6. The van der Waals surface area contributed by atoms with Crippen molar-refractivity contribution in [3.05, 3.63) is 106 Å². The van der Waals surface area contributed by atoms with Gasteiger partial charge in [-0.3, -0.25) is 14.5 Å². The van der Waals surface area contributed by atoms with Gasteiger partial charge in [0.15, 0.2) is 0 Å². The van der Waals surface area contributed by atoms with Gasteiger partial charge in [0, 0.05) is 26.2 Å². The van der Waals surface area contributed by atoms with Crippen molar-refractivity contribution in [3.63, 3.8) is 0 Å². The Morgan fingerprint density at radius 2 is 1.67 bits per heavy atom. The van der Waals surface area contributed by atoms with Crippen molar-refractivity contribution < 1.29 is 23.9 Å². The zero-order valence-electron chi connectivity index (χ0n) is 22.7. The van der Waals surface area contributed by atoms with Crippen LogP contribution in [0.4, 0.5) is 0 Å². The van der Waals surface area contributed by atoms with E-state index in [1.165, 1.54) is 28.4 Å². The molecule has 0 aliphatic carbocycles. The third-order valence-corrected chi connectivity index (χ3v) is 10.8. The highest BCUT2D eigenvalue weighted by Crippen LogP contribution is 2.46. The minimum absolute atomic E-state index is 0.0517. The zero-order valence-corrected chi connectivity index (χ0v) is 27.5. The van der Waals surface area contributed by atoms with Crippen molar-refractivity contribution in [1.82, 2.24) is 10.2 Å². The number of thioether (sulfide) groups is 2. The third kappa shape index (κ3) is 6.90. The van der Waals surface area contributed by atoms with Crippen LogP contribution in [0.25, 0.3) is 0 Å². The molecule has 42 heavy (non-hydrogen) atoms. The van der Waals surface area contributed by atoms with E-state index in [-0.39, 0.29) is 30.5 Å². The average molecular weight is 733 g/mol. The average Bonchev–Trinajstić information content (AvgIpc) is 3.03. The first-order valence-corrected chi connectivity index (χ1v) is 17.3. The Morgan fingerprint density at radius 3 is 2.36 bits per heavy atom. The van der Waals surface area contributed by atoms with E-state index >= 15 is 0 Å². The maximum Gasteiger partial charge on any atom is 0.356 e. The van der Waals surface area contributed by atoms with Gasteiger partial charge in [0.05, 0.1) is 13.5 Å². The lowest BCUT2D eigenvalue weighted by molar-refractivity contribution is -0.153. The first-order valence-electron chi connectivity index (χ1n) is 13.1. The second-order valence-corrected chi connectivity index (χ2v) is 13.0. The van der Waals surface area contributed by atoms with Gasteiger partial charge in [-0.1, -0.05) is 98.2 Å². The summed E-state index contributed by atoms with van der Waals surface area (Å²) in [6.45, 7) is 0.0517. The van der Waals surface area contributed by atoms with E-state index < -0.39 is 17.4 Å². The number of amides is 2.